The normalized spacial score (nSPS) is 12.7. The highest BCUT2D eigenvalue weighted by atomic mass is 19.1. The van der Waals surface area contributed by atoms with E-state index >= 15 is 0 Å². The van der Waals surface area contributed by atoms with Crippen LogP contribution in [0.4, 0.5) is 10.1 Å². The van der Waals surface area contributed by atoms with E-state index in [9.17, 15) is 4.39 Å². The standard InChI is InChI=1S/C17H30FN3/c1-5-10-21(12-11-20(3)4)17-9-7-8-16(18)15(17)13-14(19)6-2/h7-9,14H,5-6,10-13,19H2,1-4H3. The molecule has 1 aromatic rings. The average molecular weight is 295 g/mol. The van der Waals surface area contributed by atoms with Gasteiger partial charge in [-0.25, -0.2) is 4.39 Å². The summed E-state index contributed by atoms with van der Waals surface area (Å²) in [5, 5.41) is 0. The minimum Gasteiger partial charge on any atom is -0.370 e. The maximum atomic E-state index is 14.3. The van der Waals surface area contributed by atoms with Gasteiger partial charge in [-0.05, 0) is 45.5 Å². The number of rotatable bonds is 9. The molecule has 3 nitrogen and oxygen atoms in total. The van der Waals surface area contributed by atoms with Crippen molar-refractivity contribution in [1.29, 1.82) is 0 Å². The fourth-order valence-electron chi connectivity index (χ4n) is 2.40. The number of hydrogen-bond donors (Lipinski definition) is 1. The van der Waals surface area contributed by atoms with Gasteiger partial charge in [0, 0.05) is 36.9 Å². The number of likely N-dealkylation sites (N-methyl/N-ethyl adjacent to an activating group) is 1. The highest BCUT2D eigenvalue weighted by Gasteiger charge is 2.16. The van der Waals surface area contributed by atoms with E-state index in [0.717, 1.165) is 43.7 Å². The molecule has 0 fully saturated rings. The van der Waals surface area contributed by atoms with E-state index in [0.29, 0.717) is 6.42 Å². The van der Waals surface area contributed by atoms with Crippen LogP contribution in [-0.2, 0) is 6.42 Å². The largest absolute Gasteiger partial charge is 0.370 e. The molecule has 1 aromatic carbocycles. The molecule has 4 heteroatoms. The minimum absolute atomic E-state index is 0.0120. The Bertz CT molecular complexity index is 420. The second-order valence-corrected chi connectivity index (χ2v) is 5.90. The van der Waals surface area contributed by atoms with Crippen molar-refractivity contribution in [1.82, 2.24) is 4.90 Å². The summed E-state index contributed by atoms with van der Waals surface area (Å²) in [5.41, 5.74) is 7.81. The van der Waals surface area contributed by atoms with E-state index in [1.165, 1.54) is 6.07 Å². The Kier molecular flexibility index (Phi) is 7.68. The highest BCUT2D eigenvalue weighted by Crippen LogP contribution is 2.25. The number of benzene rings is 1. The first-order chi connectivity index (χ1) is 9.99. The van der Waals surface area contributed by atoms with Crippen molar-refractivity contribution >= 4 is 5.69 Å². The van der Waals surface area contributed by atoms with E-state index in [2.05, 4.69) is 30.8 Å². The van der Waals surface area contributed by atoms with Crippen LogP contribution in [0.25, 0.3) is 0 Å². The van der Waals surface area contributed by atoms with Crippen LogP contribution >= 0.6 is 0 Å². The Morgan fingerprint density at radius 1 is 1.14 bits per heavy atom. The molecule has 1 unspecified atom stereocenters. The lowest BCUT2D eigenvalue weighted by Crippen LogP contribution is -2.34. The van der Waals surface area contributed by atoms with Gasteiger partial charge in [-0.15, -0.1) is 0 Å². The van der Waals surface area contributed by atoms with Crippen LogP contribution in [0.15, 0.2) is 18.2 Å². The SMILES string of the molecule is CCCN(CCN(C)C)c1cccc(F)c1CC(N)CC. The average Bonchev–Trinajstić information content (AvgIpc) is 2.45. The van der Waals surface area contributed by atoms with Gasteiger partial charge in [0.2, 0.25) is 0 Å². The molecular formula is C17H30FN3. The number of halogens is 1. The second kappa shape index (κ2) is 9.00. The molecule has 0 radical (unpaired) electrons. The van der Waals surface area contributed by atoms with Crippen molar-refractivity contribution in [2.75, 3.05) is 38.6 Å². The van der Waals surface area contributed by atoms with Crippen LogP contribution in [0.3, 0.4) is 0 Å². The van der Waals surface area contributed by atoms with Crippen molar-refractivity contribution in [3.05, 3.63) is 29.6 Å². The first-order valence-corrected chi connectivity index (χ1v) is 7.92. The van der Waals surface area contributed by atoms with Gasteiger partial charge >= 0.3 is 0 Å². The smallest absolute Gasteiger partial charge is 0.128 e. The summed E-state index contributed by atoms with van der Waals surface area (Å²) in [6, 6.07) is 5.37. The topological polar surface area (TPSA) is 32.5 Å². The van der Waals surface area contributed by atoms with Crippen molar-refractivity contribution in [2.24, 2.45) is 5.73 Å². The summed E-state index contributed by atoms with van der Waals surface area (Å²) < 4.78 is 14.3. The second-order valence-electron chi connectivity index (χ2n) is 5.90. The zero-order valence-electron chi connectivity index (χ0n) is 13.9. The predicted octanol–water partition coefficient (Wildman–Crippen LogP) is 2.88. The van der Waals surface area contributed by atoms with Gasteiger partial charge in [0.15, 0.2) is 0 Å². The quantitative estimate of drug-likeness (QED) is 0.760. The first kappa shape index (κ1) is 17.9. The minimum atomic E-state index is -0.137. The zero-order valence-corrected chi connectivity index (χ0v) is 13.9. The van der Waals surface area contributed by atoms with Crippen LogP contribution in [0.1, 0.15) is 32.3 Å². The third kappa shape index (κ3) is 5.64. The van der Waals surface area contributed by atoms with E-state index in [-0.39, 0.29) is 11.9 Å². The van der Waals surface area contributed by atoms with Gasteiger partial charge in [-0.2, -0.15) is 0 Å². The summed E-state index contributed by atoms with van der Waals surface area (Å²) in [4.78, 5) is 4.43. The Labute approximate surface area is 128 Å². The Hall–Kier alpha value is -1.13. The van der Waals surface area contributed by atoms with Gasteiger partial charge in [0.25, 0.3) is 0 Å². The van der Waals surface area contributed by atoms with Crippen LogP contribution in [0.5, 0.6) is 0 Å². The Morgan fingerprint density at radius 2 is 1.86 bits per heavy atom. The highest BCUT2D eigenvalue weighted by molar-refractivity contribution is 5.54. The summed E-state index contributed by atoms with van der Waals surface area (Å²) in [5.74, 6) is -0.137. The lowest BCUT2D eigenvalue weighted by atomic mass is 10.0. The maximum absolute atomic E-state index is 14.3. The summed E-state index contributed by atoms with van der Waals surface area (Å²) in [6.45, 7) is 6.99. The predicted molar refractivity (Wildman–Crippen MR) is 89.4 cm³/mol. The van der Waals surface area contributed by atoms with Crippen molar-refractivity contribution in [3.8, 4) is 0 Å². The van der Waals surface area contributed by atoms with Crippen molar-refractivity contribution < 1.29 is 4.39 Å². The molecule has 0 saturated carbocycles. The van der Waals surface area contributed by atoms with E-state index in [1.807, 2.05) is 13.0 Å². The lowest BCUT2D eigenvalue weighted by molar-refractivity contribution is 0.412. The van der Waals surface area contributed by atoms with Crippen LogP contribution in [0.2, 0.25) is 0 Å². The monoisotopic (exact) mass is 295 g/mol. The molecule has 0 aliphatic rings. The molecule has 0 aromatic heterocycles. The van der Waals surface area contributed by atoms with Crippen molar-refractivity contribution in [3.63, 3.8) is 0 Å². The fourth-order valence-corrected chi connectivity index (χ4v) is 2.40. The molecule has 0 spiro atoms. The van der Waals surface area contributed by atoms with Gasteiger partial charge in [0.05, 0.1) is 0 Å². The Balaban J connectivity index is 3.02. The zero-order chi connectivity index (χ0) is 15.8. The molecule has 2 N–H and O–H groups in total. The van der Waals surface area contributed by atoms with Gasteiger partial charge in [0.1, 0.15) is 5.82 Å². The molecule has 1 atom stereocenters. The third-order valence-electron chi connectivity index (χ3n) is 3.74. The van der Waals surface area contributed by atoms with E-state index in [1.54, 1.807) is 6.07 Å². The van der Waals surface area contributed by atoms with E-state index < -0.39 is 0 Å². The molecule has 0 heterocycles. The van der Waals surface area contributed by atoms with Gasteiger partial charge < -0.3 is 15.5 Å². The Morgan fingerprint density at radius 3 is 2.43 bits per heavy atom. The first-order valence-electron chi connectivity index (χ1n) is 7.92. The number of nitrogens with zero attached hydrogens (tertiary/aromatic N) is 2. The summed E-state index contributed by atoms with van der Waals surface area (Å²) >= 11 is 0. The number of nitrogens with two attached hydrogens (primary N) is 1. The lowest BCUT2D eigenvalue weighted by Gasteiger charge is -2.29. The van der Waals surface area contributed by atoms with Crippen LogP contribution in [-0.4, -0.2) is 44.7 Å². The maximum Gasteiger partial charge on any atom is 0.128 e. The summed E-state index contributed by atoms with van der Waals surface area (Å²) in [7, 11) is 4.12. The molecule has 0 saturated heterocycles. The molecule has 21 heavy (non-hydrogen) atoms. The number of hydrogen-bond acceptors (Lipinski definition) is 3. The molecule has 0 aliphatic heterocycles. The van der Waals surface area contributed by atoms with Crippen LogP contribution < -0.4 is 10.6 Å². The molecule has 0 amide bonds. The molecule has 0 bridgehead atoms. The third-order valence-corrected chi connectivity index (χ3v) is 3.74. The van der Waals surface area contributed by atoms with E-state index in [4.69, 9.17) is 5.73 Å². The number of anilines is 1. The van der Waals surface area contributed by atoms with Crippen molar-refractivity contribution in [2.45, 2.75) is 39.2 Å². The van der Waals surface area contributed by atoms with Crippen LogP contribution in [0, 0.1) is 5.82 Å². The molecule has 1 rings (SSSR count). The van der Waals surface area contributed by atoms with Gasteiger partial charge in [-0.3, -0.25) is 0 Å². The molecular weight excluding hydrogens is 265 g/mol. The summed E-state index contributed by atoms with van der Waals surface area (Å²) in [6.07, 6.45) is 2.50. The fraction of sp³-hybridized carbons (Fsp3) is 0.647. The molecule has 120 valence electrons. The molecule has 0 aliphatic carbocycles. The van der Waals surface area contributed by atoms with Gasteiger partial charge in [-0.1, -0.05) is 19.9 Å².